The summed E-state index contributed by atoms with van der Waals surface area (Å²) in [4.78, 5) is 2.58. The second-order valence-corrected chi connectivity index (χ2v) is 7.41. The van der Waals surface area contributed by atoms with E-state index in [2.05, 4.69) is 29.5 Å². The summed E-state index contributed by atoms with van der Waals surface area (Å²) < 4.78 is 0. The van der Waals surface area contributed by atoms with Gasteiger partial charge in [0.1, 0.15) is 0 Å². The predicted octanol–water partition coefficient (Wildman–Crippen LogP) is 2.37. The van der Waals surface area contributed by atoms with E-state index in [1.54, 1.807) is 0 Å². The molecule has 4 unspecified atom stereocenters. The topological polar surface area (TPSA) is 27.3 Å². The molecular weight excluding hydrogens is 246 g/mol. The van der Waals surface area contributed by atoms with Crippen LogP contribution in [0.5, 0.6) is 0 Å². The Morgan fingerprint density at radius 2 is 1.95 bits per heavy atom. The first-order chi connectivity index (χ1) is 9.75. The summed E-state index contributed by atoms with van der Waals surface area (Å²) in [6.07, 6.45) is 11.3. The average Bonchev–Trinajstić information content (AvgIpc) is 3.23. The standard InChI is InChI=1S/C17H33N3/c1-13(20(2)14-9-10-14)12-19-17-8-5-6-15(17)16-7-3-4-11-18-16/h13-19H,3-12H2,1-2H3. The van der Waals surface area contributed by atoms with Crippen LogP contribution in [-0.2, 0) is 0 Å². The SMILES string of the molecule is CC(CNC1CCCC1C1CCCCN1)N(C)C1CC1. The van der Waals surface area contributed by atoms with E-state index in [1.165, 1.54) is 64.5 Å². The van der Waals surface area contributed by atoms with E-state index in [1.807, 2.05) is 0 Å². The van der Waals surface area contributed by atoms with Gasteiger partial charge in [-0.05, 0) is 65.0 Å². The number of nitrogens with zero attached hydrogens (tertiary/aromatic N) is 1. The van der Waals surface area contributed by atoms with Crippen molar-refractivity contribution in [1.82, 2.24) is 15.5 Å². The Bertz CT molecular complexity index is 297. The molecule has 0 amide bonds. The molecular formula is C17H33N3. The summed E-state index contributed by atoms with van der Waals surface area (Å²) in [5, 5.41) is 7.69. The fraction of sp³-hybridized carbons (Fsp3) is 1.00. The highest BCUT2D eigenvalue weighted by atomic mass is 15.2. The van der Waals surface area contributed by atoms with Gasteiger partial charge in [-0.25, -0.2) is 0 Å². The quantitative estimate of drug-likeness (QED) is 0.781. The van der Waals surface area contributed by atoms with Crippen molar-refractivity contribution in [3.63, 3.8) is 0 Å². The van der Waals surface area contributed by atoms with Crippen LogP contribution in [-0.4, -0.2) is 49.2 Å². The minimum atomic E-state index is 0.683. The maximum absolute atomic E-state index is 3.91. The molecule has 3 nitrogen and oxygen atoms in total. The van der Waals surface area contributed by atoms with Crippen LogP contribution in [0.15, 0.2) is 0 Å². The summed E-state index contributed by atoms with van der Waals surface area (Å²) in [7, 11) is 2.30. The first-order valence-electron chi connectivity index (χ1n) is 8.94. The molecule has 1 heterocycles. The third kappa shape index (κ3) is 3.55. The Kier molecular flexibility index (Phi) is 5.00. The van der Waals surface area contributed by atoms with Crippen molar-refractivity contribution in [1.29, 1.82) is 0 Å². The zero-order valence-corrected chi connectivity index (χ0v) is 13.4. The highest BCUT2D eigenvalue weighted by molar-refractivity contribution is 4.93. The van der Waals surface area contributed by atoms with Crippen LogP contribution in [0, 0.1) is 5.92 Å². The van der Waals surface area contributed by atoms with Crippen molar-refractivity contribution in [2.45, 2.75) is 82.5 Å². The molecule has 0 spiro atoms. The third-order valence-electron chi connectivity index (χ3n) is 5.93. The van der Waals surface area contributed by atoms with Crippen molar-refractivity contribution in [3.8, 4) is 0 Å². The average molecular weight is 279 g/mol. The smallest absolute Gasteiger partial charge is 0.0192 e. The van der Waals surface area contributed by atoms with Crippen molar-refractivity contribution < 1.29 is 0 Å². The molecule has 20 heavy (non-hydrogen) atoms. The third-order valence-corrected chi connectivity index (χ3v) is 5.93. The number of likely N-dealkylation sites (N-methyl/N-ethyl adjacent to an activating group) is 1. The second-order valence-electron chi connectivity index (χ2n) is 7.41. The summed E-state index contributed by atoms with van der Waals surface area (Å²) >= 11 is 0. The Morgan fingerprint density at radius 3 is 2.65 bits per heavy atom. The number of piperidine rings is 1. The van der Waals surface area contributed by atoms with Gasteiger partial charge in [0.15, 0.2) is 0 Å². The monoisotopic (exact) mass is 279 g/mol. The molecule has 2 saturated carbocycles. The molecule has 1 aliphatic heterocycles. The van der Waals surface area contributed by atoms with E-state index in [0.29, 0.717) is 6.04 Å². The number of nitrogens with one attached hydrogen (secondary N) is 2. The fourth-order valence-electron chi connectivity index (χ4n) is 4.28. The lowest BCUT2D eigenvalue weighted by atomic mass is 9.88. The first-order valence-corrected chi connectivity index (χ1v) is 8.94. The Balaban J connectivity index is 1.45. The first kappa shape index (κ1) is 14.8. The molecule has 0 radical (unpaired) electrons. The lowest BCUT2D eigenvalue weighted by Crippen LogP contribution is -2.49. The second kappa shape index (κ2) is 6.76. The van der Waals surface area contributed by atoms with Crippen LogP contribution >= 0.6 is 0 Å². The van der Waals surface area contributed by atoms with Gasteiger partial charge in [0.25, 0.3) is 0 Å². The number of hydrogen-bond acceptors (Lipinski definition) is 3. The lowest BCUT2D eigenvalue weighted by Gasteiger charge is -2.34. The summed E-state index contributed by atoms with van der Waals surface area (Å²) in [5.74, 6) is 0.883. The van der Waals surface area contributed by atoms with Gasteiger partial charge in [-0.15, -0.1) is 0 Å². The van der Waals surface area contributed by atoms with Crippen LogP contribution in [0.1, 0.15) is 58.3 Å². The van der Waals surface area contributed by atoms with E-state index in [4.69, 9.17) is 0 Å². The molecule has 0 aromatic carbocycles. The van der Waals surface area contributed by atoms with Crippen LogP contribution in [0.2, 0.25) is 0 Å². The van der Waals surface area contributed by atoms with E-state index in [0.717, 1.165) is 24.0 Å². The van der Waals surface area contributed by atoms with Crippen LogP contribution in [0.3, 0.4) is 0 Å². The molecule has 0 aromatic heterocycles. The maximum atomic E-state index is 3.91. The molecule has 1 saturated heterocycles. The Morgan fingerprint density at radius 1 is 1.10 bits per heavy atom. The van der Waals surface area contributed by atoms with Gasteiger partial charge in [0.2, 0.25) is 0 Å². The van der Waals surface area contributed by atoms with E-state index >= 15 is 0 Å². The minimum Gasteiger partial charge on any atom is -0.314 e. The number of rotatable bonds is 6. The molecule has 3 aliphatic rings. The van der Waals surface area contributed by atoms with Crippen LogP contribution in [0.4, 0.5) is 0 Å². The van der Waals surface area contributed by atoms with Gasteiger partial charge in [-0.1, -0.05) is 12.8 Å². The molecule has 4 atom stereocenters. The van der Waals surface area contributed by atoms with Crippen molar-refractivity contribution in [3.05, 3.63) is 0 Å². The zero-order chi connectivity index (χ0) is 13.9. The summed E-state index contributed by atoms with van der Waals surface area (Å²) in [6.45, 7) is 4.80. The minimum absolute atomic E-state index is 0.683. The maximum Gasteiger partial charge on any atom is 0.0192 e. The van der Waals surface area contributed by atoms with Gasteiger partial charge in [0, 0.05) is 30.7 Å². The van der Waals surface area contributed by atoms with Gasteiger partial charge in [0.05, 0.1) is 0 Å². The van der Waals surface area contributed by atoms with Gasteiger partial charge < -0.3 is 10.6 Å². The summed E-state index contributed by atoms with van der Waals surface area (Å²) in [6, 6.07) is 3.12. The van der Waals surface area contributed by atoms with Crippen LogP contribution < -0.4 is 10.6 Å². The van der Waals surface area contributed by atoms with E-state index < -0.39 is 0 Å². The predicted molar refractivity (Wildman–Crippen MR) is 85.0 cm³/mol. The largest absolute Gasteiger partial charge is 0.314 e. The highest BCUT2D eigenvalue weighted by Gasteiger charge is 2.35. The molecule has 0 aromatic rings. The Labute approximate surface area is 124 Å². The normalized spacial score (nSPS) is 36.5. The molecule has 3 fully saturated rings. The van der Waals surface area contributed by atoms with Crippen molar-refractivity contribution >= 4 is 0 Å². The van der Waals surface area contributed by atoms with Gasteiger partial charge in [-0.2, -0.15) is 0 Å². The molecule has 3 rings (SSSR count). The van der Waals surface area contributed by atoms with Crippen molar-refractivity contribution in [2.24, 2.45) is 5.92 Å². The molecule has 0 bridgehead atoms. The molecule has 2 aliphatic carbocycles. The Hall–Kier alpha value is -0.120. The van der Waals surface area contributed by atoms with E-state index in [9.17, 15) is 0 Å². The van der Waals surface area contributed by atoms with Crippen molar-refractivity contribution in [2.75, 3.05) is 20.1 Å². The van der Waals surface area contributed by atoms with Gasteiger partial charge in [-0.3, -0.25) is 4.90 Å². The lowest BCUT2D eigenvalue weighted by molar-refractivity contribution is 0.214. The fourth-order valence-corrected chi connectivity index (χ4v) is 4.28. The zero-order valence-electron chi connectivity index (χ0n) is 13.4. The number of hydrogen-bond donors (Lipinski definition) is 2. The van der Waals surface area contributed by atoms with Crippen LogP contribution in [0.25, 0.3) is 0 Å². The molecule has 3 heteroatoms. The highest BCUT2D eigenvalue weighted by Crippen LogP contribution is 2.32. The summed E-state index contributed by atoms with van der Waals surface area (Å²) in [5.41, 5.74) is 0. The van der Waals surface area contributed by atoms with Gasteiger partial charge >= 0.3 is 0 Å². The van der Waals surface area contributed by atoms with E-state index in [-0.39, 0.29) is 0 Å². The molecule has 2 N–H and O–H groups in total. The molecule has 116 valence electrons.